The molecule has 8 heteroatoms. The second-order valence-electron chi connectivity index (χ2n) is 5.82. The minimum atomic E-state index is -0.585. The van der Waals surface area contributed by atoms with Gasteiger partial charge >= 0.3 is 0 Å². The van der Waals surface area contributed by atoms with Gasteiger partial charge in [-0.05, 0) is 55.1 Å². The molecule has 2 amide bonds. The third kappa shape index (κ3) is 4.21. The number of thioether (sulfide) groups is 1. The molecule has 0 atom stereocenters. The van der Waals surface area contributed by atoms with Gasteiger partial charge in [-0.25, -0.2) is 0 Å². The highest BCUT2D eigenvalue weighted by atomic mass is 35.5. The van der Waals surface area contributed by atoms with Crippen molar-refractivity contribution in [3.63, 3.8) is 0 Å². The molecule has 3 rings (SSSR count). The molecule has 0 bridgehead atoms. The van der Waals surface area contributed by atoms with Crippen LogP contribution in [0.15, 0.2) is 47.4 Å². The number of hydrogen-bond acceptors (Lipinski definition) is 6. The Morgan fingerprint density at radius 3 is 2.61 bits per heavy atom. The van der Waals surface area contributed by atoms with E-state index in [-0.39, 0.29) is 28.7 Å². The highest BCUT2D eigenvalue weighted by Crippen LogP contribution is 2.36. The van der Waals surface area contributed by atoms with Gasteiger partial charge < -0.3 is 9.84 Å². The second-order valence-corrected chi connectivity index (χ2v) is 7.25. The van der Waals surface area contributed by atoms with Crippen LogP contribution in [0.4, 0.5) is 4.79 Å². The molecule has 1 aliphatic rings. The number of aromatic hydroxyl groups is 1. The third-order valence-electron chi connectivity index (χ3n) is 3.96. The lowest BCUT2D eigenvalue weighted by Crippen LogP contribution is -2.33. The average Bonchev–Trinajstić information content (AvgIpc) is 2.93. The van der Waals surface area contributed by atoms with Crippen molar-refractivity contribution in [3.05, 3.63) is 63.5 Å². The monoisotopic (exact) mass is 417 g/mol. The smallest absolute Gasteiger partial charge is 0.293 e. The number of ketones is 1. The van der Waals surface area contributed by atoms with Crippen LogP contribution in [-0.4, -0.2) is 40.1 Å². The predicted molar refractivity (Wildman–Crippen MR) is 108 cm³/mol. The van der Waals surface area contributed by atoms with Gasteiger partial charge in [0.25, 0.3) is 11.1 Å². The lowest BCUT2D eigenvalue weighted by Gasteiger charge is -2.11. The van der Waals surface area contributed by atoms with Gasteiger partial charge in [-0.15, -0.1) is 0 Å². The summed E-state index contributed by atoms with van der Waals surface area (Å²) in [5, 5.41) is 10.2. The van der Waals surface area contributed by atoms with Crippen molar-refractivity contribution in [1.82, 2.24) is 4.90 Å². The summed E-state index contributed by atoms with van der Waals surface area (Å²) in [5.74, 6) is -0.790. The van der Waals surface area contributed by atoms with E-state index >= 15 is 0 Å². The van der Waals surface area contributed by atoms with E-state index in [0.717, 1.165) is 16.7 Å². The number of phenolic OH excluding ortho intramolecular Hbond substituents is 1. The molecule has 0 saturated carbocycles. The number of imide groups is 1. The highest BCUT2D eigenvalue weighted by molar-refractivity contribution is 8.18. The molecule has 1 aliphatic heterocycles. The molecule has 0 spiro atoms. The maximum atomic E-state index is 12.6. The Morgan fingerprint density at radius 1 is 1.21 bits per heavy atom. The number of rotatable bonds is 6. The first-order chi connectivity index (χ1) is 13.4. The fraction of sp³-hybridized carbons (Fsp3) is 0.150. The molecule has 1 fully saturated rings. The Morgan fingerprint density at radius 2 is 1.93 bits per heavy atom. The molecule has 0 aliphatic carbocycles. The number of halogens is 1. The van der Waals surface area contributed by atoms with Gasteiger partial charge in [-0.1, -0.05) is 23.7 Å². The largest absolute Gasteiger partial charge is 0.504 e. The number of amides is 2. The molecule has 2 aromatic carbocycles. The molecule has 0 radical (unpaired) electrons. The first-order valence-electron chi connectivity index (χ1n) is 8.39. The zero-order valence-corrected chi connectivity index (χ0v) is 16.4. The number of benzene rings is 2. The van der Waals surface area contributed by atoms with Crippen molar-refractivity contribution in [2.45, 2.75) is 6.92 Å². The van der Waals surface area contributed by atoms with Crippen LogP contribution in [-0.2, 0) is 4.79 Å². The van der Waals surface area contributed by atoms with Gasteiger partial charge in [-0.2, -0.15) is 0 Å². The number of para-hydroxylation sites is 1. The van der Waals surface area contributed by atoms with Crippen LogP contribution in [0.1, 0.15) is 22.8 Å². The third-order valence-corrected chi connectivity index (χ3v) is 5.12. The van der Waals surface area contributed by atoms with Crippen LogP contribution in [0.5, 0.6) is 11.5 Å². The quantitative estimate of drug-likeness (QED) is 0.555. The molecule has 0 aromatic heterocycles. The van der Waals surface area contributed by atoms with Crippen molar-refractivity contribution in [2.75, 3.05) is 13.2 Å². The van der Waals surface area contributed by atoms with Crippen molar-refractivity contribution in [1.29, 1.82) is 0 Å². The van der Waals surface area contributed by atoms with Crippen LogP contribution in [0, 0.1) is 0 Å². The molecule has 6 nitrogen and oxygen atoms in total. The highest BCUT2D eigenvalue weighted by Gasteiger charge is 2.36. The zero-order chi connectivity index (χ0) is 20.3. The number of hydrogen-bond donors (Lipinski definition) is 1. The van der Waals surface area contributed by atoms with Crippen LogP contribution in [0.3, 0.4) is 0 Å². The Labute approximate surface area is 170 Å². The summed E-state index contributed by atoms with van der Waals surface area (Å²) in [6.45, 7) is 1.80. The zero-order valence-electron chi connectivity index (χ0n) is 14.8. The van der Waals surface area contributed by atoms with Crippen molar-refractivity contribution < 1.29 is 24.2 Å². The molecular weight excluding hydrogens is 402 g/mol. The molecule has 28 heavy (non-hydrogen) atoms. The minimum absolute atomic E-state index is 0.117. The summed E-state index contributed by atoms with van der Waals surface area (Å²) < 4.78 is 5.32. The summed E-state index contributed by atoms with van der Waals surface area (Å²) in [6, 6.07) is 11.1. The van der Waals surface area contributed by atoms with E-state index in [2.05, 4.69) is 0 Å². The Kier molecular flexibility index (Phi) is 6.06. The standard InChI is InChI=1S/C20H16ClNO5S/c1-2-27-16-5-3-4-13(18(16)24)10-17-19(25)22(20(26)28-17)11-15(23)12-6-8-14(21)9-7-12/h3-10,24H,2,11H2,1H3/b17-10-. The Bertz CT molecular complexity index is 971. The van der Waals surface area contributed by atoms with E-state index in [9.17, 15) is 19.5 Å². The molecule has 2 aromatic rings. The van der Waals surface area contributed by atoms with E-state index in [1.165, 1.54) is 18.2 Å². The van der Waals surface area contributed by atoms with E-state index in [1.807, 2.05) is 0 Å². The van der Waals surface area contributed by atoms with Crippen LogP contribution in [0.25, 0.3) is 6.08 Å². The number of ether oxygens (including phenoxy) is 1. The number of carbonyl (C=O) groups is 3. The van der Waals surface area contributed by atoms with E-state index in [4.69, 9.17) is 16.3 Å². The fourth-order valence-electron chi connectivity index (χ4n) is 2.58. The van der Waals surface area contributed by atoms with E-state index in [0.29, 0.717) is 22.8 Å². The van der Waals surface area contributed by atoms with Gasteiger partial charge in [0.2, 0.25) is 0 Å². The van der Waals surface area contributed by atoms with E-state index < -0.39 is 11.1 Å². The lowest BCUT2D eigenvalue weighted by molar-refractivity contribution is -0.122. The Balaban J connectivity index is 1.80. The normalized spacial score (nSPS) is 15.4. The van der Waals surface area contributed by atoms with Crippen molar-refractivity contribution in [2.24, 2.45) is 0 Å². The van der Waals surface area contributed by atoms with Crippen LogP contribution in [0.2, 0.25) is 5.02 Å². The molecule has 1 heterocycles. The summed E-state index contributed by atoms with van der Waals surface area (Å²) in [4.78, 5) is 38.2. The minimum Gasteiger partial charge on any atom is -0.504 e. The Hall–Kier alpha value is -2.77. The van der Waals surface area contributed by atoms with Crippen LogP contribution >= 0.6 is 23.4 Å². The van der Waals surface area contributed by atoms with Gasteiger partial charge in [0.1, 0.15) is 0 Å². The molecule has 144 valence electrons. The van der Waals surface area contributed by atoms with E-state index in [1.54, 1.807) is 37.3 Å². The summed E-state index contributed by atoms with van der Waals surface area (Å²) in [6.07, 6.45) is 1.41. The average molecular weight is 418 g/mol. The maximum Gasteiger partial charge on any atom is 0.293 e. The number of carbonyl (C=O) groups excluding carboxylic acids is 3. The predicted octanol–water partition coefficient (Wildman–Crippen LogP) is 4.36. The molecule has 0 unspecified atom stereocenters. The maximum absolute atomic E-state index is 12.6. The summed E-state index contributed by atoms with van der Waals surface area (Å²) >= 11 is 6.52. The van der Waals surface area contributed by atoms with Crippen LogP contribution < -0.4 is 4.74 Å². The van der Waals surface area contributed by atoms with Gasteiger partial charge in [0, 0.05) is 16.1 Å². The SMILES string of the molecule is CCOc1cccc(/C=C2\SC(=O)N(CC(=O)c3ccc(Cl)cc3)C2=O)c1O. The second kappa shape index (κ2) is 8.50. The fourth-order valence-corrected chi connectivity index (χ4v) is 3.53. The summed E-state index contributed by atoms with van der Waals surface area (Å²) in [5.41, 5.74) is 0.704. The number of phenols is 1. The topological polar surface area (TPSA) is 83.9 Å². The molecular formula is C20H16ClNO5S. The first kappa shape index (κ1) is 20.0. The van der Waals surface area contributed by atoms with Crippen molar-refractivity contribution in [3.8, 4) is 11.5 Å². The molecule has 1 saturated heterocycles. The van der Waals surface area contributed by atoms with Gasteiger partial charge in [0.15, 0.2) is 17.3 Å². The number of Topliss-reactive ketones (excluding diaryl/α,β-unsaturated/α-hetero) is 1. The van der Waals surface area contributed by atoms with Crippen molar-refractivity contribution >= 4 is 46.4 Å². The lowest BCUT2D eigenvalue weighted by atomic mass is 10.1. The van der Waals surface area contributed by atoms with Gasteiger partial charge in [-0.3, -0.25) is 19.3 Å². The summed E-state index contributed by atoms with van der Waals surface area (Å²) in [7, 11) is 0. The number of nitrogens with zero attached hydrogens (tertiary/aromatic N) is 1. The first-order valence-corrected chi connectivity index (χ1v) is 9.59. The van der Waals surface area contributed by atoms with Gasteiger partial charge in [0.05, 0.1) is 18.1 Å². The molecule has 1 N–H and O–H groups in total.